The Morgan fingerprint density at radius 3 is 2.38 bits per heavy atom. The highest BCUT2D eigenvalue weighted by atomic mass is 16.4. The Balaban J connectivity index is 1.76. The number of hydrogen-bond donors (Lipinski definition) is 2. The Bertz CT molecular complexity index is 380. The molecular formula is C15H27N3O3. The molecule has 1 saturated heterocycles. The van der Waals surface area contributed by atoms with Crippen molar-refractivity contribution in [2.24, 2.45) is 11.8 Å². The van der Waals surface area contributed by atoms with E-state index in [9.17, 15) is 9.59 Å². The van der Waals surface area contributed by atoms with Crippen molar-refractivity contribution in [1.29, 1.82) is 0 Å². The van der Waals surface area contributed by atoms with E-state index >= 15 is 0 Å². The molecular weight excluding hydrogens is 270 g/mol. The molecule has 0 aromatic carbocycles. The van der Waals surface area contributed by atoms with E-state index in [2.05, 4.69) is 19.2 Å². The molecule has 0 radical (unpaired) electrons. The summed E-state index contributed by atoms with van der Waals surface area (Å²) in [5, 5.41) is 11.9. The van der Waals surface area contributed by atoms with Crippen molar-refractivity contribution < 1.29 is 14.7 Å². The van der Waals surface area contributed by atoms with Crippen LogP contribution in [0.15, 0.2) is 0 Å². The Labute approximate surface area is 126 Å². The molecule has 2 amide bonds. The number of carbonyl (C=O) groups is 2. The van der Waals surface area contributed by atoms with E-state index < -0.39 is 5.97 Å². The van der Waals surface area contributed by atoms with Crippen molar-refractivity contribution in [1.82, 2.24) is 15.1 Å². The van der Waals surface area contributed by atoms with Gasteiger partial charge in [0.25, 0.3) is 0 Å². The van der Waals surface area contributed by atoms with Crippen LogP contribution in [0, 0.1) is 11.8 Å². The Morgan fingerprint density at radius 2 is 1.86 bits per heavy atom. The maximum Gasteiger partial charge on any atom is 0.317 e. The van der Waals surface area contributed by atoms with Gasteiger partial charge in [-0.15, -0.1) is 0 Å². The molecule has 0 aromatic rings. The van der Waals surface area contributed by atoms with Gasteiger partial charge in [0.05, 0.1) is 6.54 Å². The number of carboxylic acid groups (broad SMARTS) is 1. The maximum absolute atomic E-state index is 12.3. The van der Waals surface area contributed by atoms with Crippen molar-refractivity contribution in [3.05, 3.63) is 0 Å². The van der Waals surface area contributed by atoms with Gasteiger partial charge in [-0.2, -0.15) is 0 Å². The second kappa shape index (κ2) is 7.11. The summed E-state index contributed by atoms with van der Waals surface area (Å²) >= 11 is 0. The van der Waals surface area contributed by atoms with Crippen LogP contribution in [-0.2, 0) is 4.79 Å². The van der Waals surface area contributed by atoms with Gasteiger partial charge in [-0.05, 0) is 24.7 Å². The largest absolute Gasteiger partial charge is 0.480 e. The number of aliphatic carboxylic acids is 1. The smallest absolute Gasteiger partial charge is 0.317 e. The topological polar surface area (TPSA) is 72.9 Å². The van der Waals surface area contributed by atoms with Crippen molar-refractivity contribution in [3.63, 3.8) is 0 Å². The zero-order valence-electron chi connectivity index (χ0n) is 13.0. The van der Waals surface area contributed by atoms with Crippen LogP contribution in [-0.4, -0.2) is 65.7 Å². The van der Waals surface area contributed by atoms with E-state index in [1.165, 1.54) is 12.8 Å². The minimum absolute atomic E-state index is 0.0126. The van der Waals surface area contributed by atoms with Gasteiger partial charge in [0.15, 0.2) is 0 Å². The third kappa shape index (κ3) is 4.09. The molecule has 1 heterocycles. The summed E-state index contributed by atoms with van der Waals surface area (Å²) < 4.78 is 0. The van der Waals surface area contributed by atoms with Crippen LogP contribution in [0.3, 0.4) is 0 Å². The van der Waals surface area contributed by atoms with Crippen LogP contribution >= 0.6 is 0 Å². The highest BCUT2D eigenvalue weighted by molar-refractivity contribution is 5.75. The molecule has 3 unspecified atom stereocenters. The van der Waals surface area contributed by atoms with Gasteiger partial charge in [-0.25, -0.2) is 4.79 Å². The van der Waals surface area contributed by atoms with E-state index in [0.717, 1.165) is 12.3 Å². The molecule has 3 atom stereocenters. The van der Waals surface area contributed by atoms with Gasteiger partial charge in [0.1, 0.15) is 0 Å². The van der Waals surface area contributed by atoms with Crippen LogP contribution in [0.5, 0.6) is 0 Å². The first-order valence-electron chi connectivity index (χ1n) is 8.00. The van der Waals surface area contributed by atoms with E-state index in [4.69, 9.17) is 5.11 Å². The van der Waals surface area contributed by atoms with Crippen molar-refractivity contribution in [3.8, 4) is 0 Å². The number of rotatable bonds is 4. The molecule has 6 heteroatoms. The number of nitrogens with one attached hydrogen (secondary N) is 1. The highest BCUT2D eigenvalue weighted by Crippen LogP contribution is 2.33. The minimum atomic E-state index is -0.807. The molecule has 1 aliphatic carbocycles. The average Bonchev–Trinajstić information content (AvgIpc) is 2.79. The zero-order valence-corrected chi connectivity index (χ0v) is 13.0. The monoisotopic (exact) mass is 297 g/mol. The summed E-state index contributed by atoms with van der Waals surface area (Å²) in [5.74, 6) is 0.466. The molecule has 2 fully saturated rings. The molecule has 6 nitrogen and oxygen atoms in total. The quantitative estimate of drug-likeness (QED) is 0.818. The fourth-order valence-corrected chi connectivity index (χ4v) is 3.58. The van der Waals surface area contributed by atoms with Gasteiger partial charge in [0.2, 0.25) is 0 Å². The fraction of sp³-hybridized carbons (Fsp3) is 0.867. The van der Waals surface area contributed by atoms with Crippen LogP contribution in [0.1, 0.15) is 33.1 Å². The van der Waals surface area contributed by atoms with Crippen molar-refractivity contribution >= 4 is 12.0 Å². The second-order valence-electron chi connectivity index (χ2n) is 6.32. The summed E-state index contributed by atoms with van der Waals surface area (Å²) in [5.41, 5.74) is 0. The average molecular weight is 297 g/mol. The Morgan fingerprint density at radius 1 is 1.19 bits per heavy atom. The second-order valence-corrected chi connectivity index (χ2v) is 6.32. The maximum atomic E-state index is 12.3. The summed E-state index contributed by atoms with van der Waals surface area (Å²) in [6.07, 6.45) is 3.46. The molecule has 0 bridgehead atoms. The van der Waals surface area contributed by atoms with Gasteiger partial charge in [-0.1, -0.05) is 20.3 Å². The van der Waals surface area contributed by atoms with E-state index in [-0.39, 0.29) is 12.6 Å². The normalized spacial score (nSPS) is 30.4. The first kappa shape index (κ1) is 16.1. The molecule has 1 aliphatic heterocycles. The SMILES string of the molecule is CCC1CCC(NC(=O)N2CCN(CC(=O)O)CC2)C1C. The van der Waals surface area contributed by atoms with Crippen LogP contribution in [0.25, 0.3) is 0 Å². The molecule has 1 saturated carbocycles. The standard InChI is InChI=1S/C15H27N3O3/c1-3-12-4-5-13(11(12)2)16-15(21)18-8-6-17(7-9-18)10-14(19)20/h11-13H,3-10H2,1-2H3,(H,16,21)(H,19,20). The predicted octanol–water partition coefficient (Wildman–Crippen LogP) is 1.22. The lowest BCUT2D eigenvalue weighted by molar-refractivity contribution is -0.138. The van der Waals surface area contributed by atoms with Crippen molar-refractivity contribution in [2.45, 2.75) is 39.2 Å². The van der Waals surface area contributed by atoms with Crippen molar-refractivity contribution in [2.75, 3.05) is 32.7 Å². The summed E-state index contributed by atoms with van der Waals surface area (Å²) in [6.45, 7) is 7.00. The number of carbonyl (C=O) groups excluding carboxylic acids is 1. The third-order valence-electron chi connectivity index (χ3n) is 5.08. The minimum Gasteiger partial charge on any atom is -0.480 e. The molecule has 2 aliphatic rings. The first-order chi connectivity index (χ1) is 10.0. The van der Waals surface area contributed by atoms with Crippen LogP contribution < -0.4 is 5.32 Å². The van der Waals surface area contributed by atoms with E-state index in [0.29, 0.717) is 38.1 Å². The highest BCUT2D eigenvalue weighted by Gasteiger charge is 2.33. The lowest BCUT2D eigenvalue weighted by Gasteiger charge is -2.35. The number of nitrogens with zero attached hydrogens (tertiary/aromatic N) is 2. The number of carboxylic acids is 1. The molecule has 120 valence electrons. The lowest BCUT2D eigenvalue weighted by Crippen LogP contribution is -2.54. The number of piperazine rings is 1. The van der Waals surface area contributed by atoms with E-state index in [1.807, 2.05) is 9.80 Å². The number of urea groups is 1. The van der Waals surface area contributed by atoms with Gasteiger partial charge < -0.3 is 15.3 Å². The number of amides is 2. The van der Waals surface area contributed by atoms with Gasteiger partial charge in [0, 0.05) is 32.2 Å². The molecule has 2 rings (SSSR count). The summed E-state index contributed by atoms with van der Waals surface area (Å²) in [4.78, 5) is 26.7. The molecule has 21 heavy (non-hydrogen) atoms. The van der Waals surface area contributed by atoms with Gasteiger partial charge in [-0.3, -0.25) is 9.69 Å². The summed E-state index contributed by atoms with van der Waals surface area (Å²) in [7, 11) is 0. The Kier molecular flexibility index (Phi) is 5.45. The van der Waals surface area contributed by atoms with Crippen LogP contribution in [0.2, 0.25) is 0 Å². The zero-order chi connectivity index (χ0) is 15.4. The summed E-state index contributed by atoms with van der Waals surface area (Å²) in [6, 6.07) is 0.304. The molecule has 0 spiro atoms. The third-order valence-corrected chi connectivity index (χ3v) is 5.08. The number of hydrogen-bond acceptors (Lipinski definition) is 3. The predicted molar refractivity (Wildman–Crippen MR) is 80.1 cm³/mol. The fourth-order valence-electron chi connectivity index (χ4n) is 3.58. The van der Waals surface area contributed by atoms with Crippen LogP contribution in [0.4, 0.5) is 4.79 Å². The Hall–Kier alpha value is -1.30. The van der Waals surface area contributed by atoms with E-state index in [1.54, 1.807) is 0 Å². The lowest BCUT2D eigenvalue weighted by atomic mass is 9.93. The van der Waals surface area contributed by atoms with Gasteiger partial charge >= 0.3 is 12.0 Å². The molecule has 2 N–H and O–H groups in total. The molecule has 0 aromatic heterocycles. The first-order valence-corrected chi connectivity index (χ1v) is 8.00.